The minimum absolute atomic E-state index is 0.0358. The highest BCUT2D eigenvalue weighted by Crippen LogP contribution is 2.33. The van der Waals surface area contributed by atoms with Gasteiger partial charge in [0.15, 0.2) is 6.17 Å². The van der Waals surface area contributed by atoms with Gasteiger partial charge in [-0.3, -0.25) is 4.79 Å². The molecular weight excluding hydrogens is 539 g/mol. The lowest BCUT2D eigenvalue weighted by Gasteiger charge is -2.41. The number of sulfonamides is 2. The third-order valence-corrected chi connectivity index (χ3v) is 11.6. The second-order valence-electron chi connectivity index (χ2n) is 8.59. The summed E-state index contributed by atoms with van der Waals surface area (Å²) >= 11 is 6.77. The zero-order chi connectivity index (χ0) is 25.4. The van der Waals surface area contributed by atoms with Gasteiger partial charge in [-0.2, -0.15) is 8.61 Å². The van der Waals surface area contributed by atoms with Gasteiger partial charge in [0.25, 0.3) is 15.9 Å². The highest BCUT2D eigenvalue weighted by Gasteiger charge is 2.48. The van der Waals surface area contributed by atoms with Crippen LogP contribution in [0.3, 0.4) is 0 Å². The van der Waals surface area contributed by atoms with E-state index in [1.54, 1.807) is 0 Å². The summed E-state index contributed by atoms with van der Waals surface area (Å²) in [4.78, 5) is 13.3. The summed E-state index contributed by atoms with van der Waals surface area (Å²) in [5, 5.41) is 2.84. The summed E-state index contributed by atoms with van der Waals surface area (Å²) in [7, 11) is -8.58. The zero-order valence-corrected chi connectivity index (χ0v) is 21.8. The molecule has 1 saturated carbocycles. The van der Waals surface area contributed by atoms with Crippen molar-refractivity contribution in [3.8, 4) is 0 Å². The Morgan fingerprint density at radius 3 is 2.14 bits per heavy atom. The number of hydrogen-bond donors (Lipinski definition) is 2. The number of nitrogens with one attached hydrogen (secondary N) is 1. The third-order valence-electron chi connectivity index (χ3n) is 6.19. The van der Waals surface area contributed by atoms with Crippen molar-refractivity contribution in [1.82, 2.24) is 13.9 Å². The predicted molar refractivity (Wildman–Crippen MR) is 130 cm³/mol. The summed E-state index contributed by atoms with van der Waals surface area (Å²) in [5.74, 6) is -1.35. The van der Waals surface area contributed by atoms with Crippen molar-refractivity contribution in [2.75, 3.05) is 13.1 Å². The largest absolute Gasteiger partial charge is 0.351 e. The van der Waals surface area contributed by atoms with Crippen LogP contribution in [0, 0.1) is 5.82 Å². The van der Waals surface area contributed by atoms with Gasteiger partial charge in [-0.1, -0.05) is 11.6 Å². The van der Waals surface area contributed by atoms with E-state index in [2.05, 4.69) is 5.32 Å². The number of carbonyl (C=O) groups excluding carboxylic acids is 1. The Balaban J connectivity index is 1.73. The van der Waals surface area contributed by atoms with E-state index in [1.165, 1.54) is 12.1 Å². The van der Waals surface area contributed by atoms with Crippen LogP contribution < -0.4 is 11.1 Å². The molecule has 3 N–H and O–H groups in total. The van der Waals surface area contributed by atoms with Crippen LogP contribution in [0.25, 0.3) is 0 Å². The average Bonchev–Trinajstić information content (AvgIpc) is 3.27. The molecule has 0 bridgehead atoms. The SMILES string of the molecule is NC1CCC(NC(=O)C2N(S(=O)(=O)c3ccc(F)cc3)CCCN2S(=O)(=O)c2ccc(Cl)s2)CC1. The van der Waals surface area contributed by atoms with E-state index in [4.69, 9.17) is 17.3 Å². The van der Waals surface area contributed by atoms with E-state index in [0.29, 0.717) is 25.7 Å². The molecule has 2 heterocycles. The Morgan fingerprint density at radius 1 is 0.971 bits per heavy atom. The number of rotatable bonds is 6. The first-order valence-electron chi connectivity index (χ1n) is 11.1. The van der Waals surface area contributed by atoms with Crippen molar-refractivity contribution in [1.29, 1.82) is 0 Å². The topological polar surface area (TPSA) is 130 Å². The average molecular weight is 565 g/mol. The fourth-order valence-electron chi connectivity index (χ4n) is 4.37. The van der Waals surface area contributed by atoms with Gasteiger partial charge in [0.2, 0.25) is 10.0 Å². The van der Waals surface area contributed by atoms with Crippen LogP contribution in [0.5, 0.6) is 0 Å². The number of amides is 1. The molecule has 1 atom stereocenters. The Labute approximate surface area is 213 Å². The van der Waals surface area contributed by atoms with Crippen LogP contribution in [0.2, 0.25) is 4.34 Å². The summed E-state index contributed by atoms with van der Waals surface area (Å²) < 4.78 is 69.5. The molecule has 2 aliphatic rings. The Kier molecular flexibility index (Phi) is 7.86. The third kappa shape index (κ3) is 5.55. The van der Waals surface area contributed by atoms with E-state index >= 15 is 0 Å². The summed E-state index contributed by atoms with van der Waals surface area (Å²) in [5.41, 5.74) is 5.95. The number of nitrogens with zero attached hydrogens (tertiary/aromatic N) is 2. The van der Waals surface area contributed by atoms with Gasteiger partial charge in [-0.15, -0.1) is 11.3 Å². The molecular formula is C21H26ClFN4O5S3. The number of hydrogen-bond acceptors (Lipinski definition) is 7. The van der Waals surface area contributed by atoms with Crippen LogP contribution >= 0.6 is 22.9 Å². The van der Waals surface area contributed by atoms with E-state index in [0.717, 1.165) is 44.2 Å². The van der Waals surface area contributed by atoms with Crippen molar-refractivity contribution in [3.63, 3.8) is 0 Å². The zero-order valence-electron chi connectivity index (χ0n) is 18.6. The molecule has 1 unspecified atom stereocenters. The second kappa shape index (κ2) is 10.4. The van der Waals surface area contributed by atoms with Gasteiger partial charge in [0, 0.05) is 25.2 Å². The minimum atomic E-state index is -4.34. The van der Waals surface area contributed by atoms with Crippen LogP contribution in [0.4, 0.5) is 4.39 Å². The Hall–Kier alpha value is -1.61. The fourth-order valence-corrected chi connectivity index (χ4v) is 9.23. The van der Waals surface area contributed by atoms with Gasteiger partial charge in [0.1, 0.15) is 10.0 Å². The van der Waals surface area contributed by atoms with E-state index < -0.39 is 37.9 Å². The second-order valence-corrected chi connectivity index (χ2v) is 14.3. The molecule has 192 valence electrons. The van der Waals surface area contributed by atoms with E-state index in [9.17, 15) is 26.0 Å². The van der Waals surface area contributed by atoms with Crippen LogP contribution in [0.1, 0.15) is 32.1 Å². The Morgan fingerprint density at radius 2 is 1.57 bits per heavy atom. The van der Waals surface area contributed by atoms with Gasteiger partial charge in [-0.25, -0.2) is 21.2 Å². The lowest BCUT2D eigenvalue weighted by Crippen LogP contribution is -2.64. The molecule has 35 heavy (non-hydrogen) atoms. The summed E-state index contributed by atoms with van der Waals surface area (Å²) in [6.45, 7) is -0.133. The molecule has 1 aliphatic heterocycles. The van der Waals surface area contributed by atoms with Gasteiger partial charge < -0.3 is 11.1 Å². The molecule has 1 saturated heterocycles. The Bertz CT molecular complexity index is 1280. The van der Waals surface area contributed by atoms with Crippen LogP contribution in [-0.4, -0.2) is 62.7 Å². The maximum absolute atomic E-state index is 13.5. The maximum Gasteiger partial charge on any atom is 0.254 e. The summed E-state index contributed by atoms with van der Waals surface area (Å²) in [6, 6.07) is 6.72. The minimum Gasteiger partial charge on any atom is -0.351 e. The van der Waals surface area contributed by atoms with E-state index in [-0.39, 0.29) is 45.0 Å². The molecule has 1 aliphatic carbocycles. The number of nitrogens with two attached hydrogens (primary N) is 1. The molecule has 9 nitrogen and oxygen atoms in total. The smallest absolute Gasteiger partial charge is 0.254 e. The van der Waals surface area contributed by atoms with Crippen molar-refractivity contribution >= 4 is 48.9 Å². The lowest BCUT2D eigenvalue weighted by atomic mass is 9.92. The molecule has 4 rings (SSSR count). The monoisotopic (exact) mass is 564 g/mol. The van der Waals surface area contributed by atoms with E-state index in [1.807, 2.05) is 0 Å². The highest BCUT2D eigenvalue weighted by atomic mass is 35.5. The molecule has 1 amide bonds. The van der Waals surface area contributed by atoms with Crippen molar-refractivity contribution in [2.45, 2.75) is 59.5 Å². The van der Waals surface area contributed by atoms with Gasteiger partial charge in [0.05, 0.1) is 9.23 Å². The lowest BCUT2D eigenvalue weighted by molar-refractivity contribution is -0.130. The molecule has 14 heteroatoms. The first-order chi connectivity index (χ1) is 16.5. The number of thiophene rings is 1. The van der Waals surface area contributed by atoms with Crippen molar-refractivity contribution < 1.29 is 26.0 Å². The van der Waals surface area contributed by atoms with Crippen molar-refractivity contribution in [3.05, 3.63) is 46.6 Å². The summed E-state index contributed by atoms with van der Waals surface area (Å²) in [6.07, 6.45) is 1.13. The fraction of sp³-hybridized carbons (Fsp3) is 0.476. The van der Waals surface area contributed by atoms with Crippen molar-refractivity contribution in [2.24, 2.45) is 5.73 Å². The predicted octanol–water partition coefficient (Wildman–Crippen LogP) is 2.34. The van der Waals surface area contributed by atoms with Crippen LogP contribution in [0.15, 0.2) is 45.5 Å². The molecule has 2 aromatic rings. The normalized spacial score (nSPS) is 24.8. The molecule has 0 spiro atoms. The highest BCUT2D eigenvalue weighted by molar-refractivity contribution is 7.91. The molecule has 1 aromatic carbocycles. The number of carbonyl (C=O) groups is 1. The number of halogens is 2. The maximum atomic E-state index is 13.5. The molecule has 2 fully saturated rings. The standard InChI is InChI=1S/C21H26ClFN4O5S3/c22-18-10-11-19(33-18)35(31,32)27-13-1-12-26(34(29,30)17-8-2-14(23)3-9-17)21(27)20(28)25-16-6-4-15(24)5-7-16/h2-3,8-11,15-16,21H,1,4-7,12-13,24H2,(H,25,28). The molecule has 1 aromatic heterocycles. The van der Waals surface area contributed by atoms with Gasteiger partial charge >= 0.3 is 0 Å². The first-order valence-corrected chi connectivity index (χ1v) is 15.2. The first kappa shape index (κ1) is 26.5. The quantitative estimate of drug-likeness (QED) is 0.554. The van der Waals surface area contributed by atoms with Gasteiger partial charge in [-0.05, 0) is 68.5 Å². The molecule has 0 radical (unpaired) electrons. The number of benzene rings is 1. The van der Waals surface area contributed by atoms with Crippen LogP contribution in [-0.2, 0) is 24.8 Å².